The second-order valence-electron chi connectivity index (χ2n) is 9.04. The predicted molar refractivity (Wildman–Crippen MR) is 109 cm³/mol. The van der Waals surface area contributed by atoms with Crippen LogP contribution in [0.25, 0.3) is 0 Å². The molecule has 2 fully saturated rings. The Bertz CT molecular complexity index is 448. The van der Waals surface area contributed by atoms with Crippen molar-refractivity contribution in [1.29, 1.82) is 0 Å². The lowest BCUT2D eigenvalue weighted by Crippen LogP contribution is -2.49. The molecule has 2 atom stereocenters. The van der Waals surface area contributed by atoms with Crippen LogP contribution in [0.2, 0.25) is 0 Å². The molecule has 0 aliphatic heterocycles. The number of carboxylic acid groups (broad SMARTS) is 1. The molecule has 7 nitrogen and oxygen atoms in total. The summed E-state index contributed by atoms with van der Waals surface area (Å²) in [5.41, 5.74) is -0.703. The summed E-state index contributed by atoms with van der Waals surface area (Å²) in [5, 5.41) is 23.7. The van der Waals surface area contributed by atoms with Crippen LogP contribution in [-0.4, -0.2) is 52.1 Å². The molecule has 2 aliphatic carbocycles. The third-order valence-corrected chi connectivity index (χ3v) is 5.10. The fourth-order valence-electron chi connectivity index (χ4n) is 3.70. The van der Waals surface area contributed by atoms with Crippen molar-refractivity contribution in [3.05, 3.63) is 0 Å². The molecule has 7 heteroatoms. The number of aliphatic carboxylic acids is 1. The van der Waals surface area contributed by atoms with Gasteiger partial charge in [-0.15, -0.1) is 0 Å². The monoisotopic (exact) mass is 400 g/mol. The Morgan fingerprint density at radius 1 is 0.929 bits per heavy atom. The molecule has 1 amide bonds. The van der Waals surface area contributed by atoms with Crippen LogP contribution in [-0.2, 0) is 9.53 Å². The minimum Gasteiger partial charge on any atom is -0.480 e. The highest BCUT2D eigenvalue weighted by molar-refractivity contribution is 5.80. The Morgan fingerprint density at radius 2 is 1.36 bits per heavy atom. The molecule has 0 aromatic heterocycles. The molecule has 0 spiro atoms. The highest BCUT2D eigenvalue weighted by Gasteiger charge is 2.27. The molecule has 28 heavy (non-hydrogen) atoms. The van der Waals surface area contributed by atoms with Gasteiger partial charge in [-0.1, -0.05) is 38.5 Å². The number of hydrogen-bond donors (Lipinski definition) is 4. The van der Waals surface area contributed by atoms with Gasteiger partial charge in [-0.3, -0.25) is 0 Å². The lowest BCUT2D eigenvalue weighted by Gasteiger charge is -2.30. The number of carbonyl (C=O) groups is 2. The van der Waals surface area contributed by atoms with E-state index in [1.807, 2.05) is 0 Å². The lowest BCUT2D eigenvalue weighted by atomic mass is 9.91. The van der Waals surface area contributed by atoms with Crippen LogP contribution in [0.1, 0.15) is 91.9 Å². The van der Waals surface area contributed by atoms with E-state index in [0.717, 1.165) is 12.1 Å². The average Bonchev–Trinajstić information content (AvgIpc) is 2.60. The largest absolute Gasteiger partial charge is 0.480 e. The Labute approximate surface area is 169 Å². The van der Waals surface area contributed by atoms with E-state index in [1.54, 1.807) is 20.8 Å². The number of alkyl carbamates (subject to hydrolysis) is 1. The van der Waals surface area contributed by atoms with Crippen LogP contribution in [0.15, 0.2) is 0 Å². The SMILES string of the molecule is C1CCC(NC2CCCCC2)CC1.CC(O)[C@H](NC(=O)OC(C)(C)C)C(=O)O. The zero-order chi connectivity index (χ0) is 21.2. The molecule has 0 heterocycles. The van der Waals surface area contributed by atoms with E-state index in [0.29, 0.717) is 0 Å². The highest BCUT2D eigenvalue weighted by atomic mass is 16.6. The van der Waals surface area contributed by atoms with Gasteiger partial charge in [0.25, 0.3) is 0 Å². The molecule has 4 N–H and O–H groups in total. The van der Waals surface area contributed by atoms with Gasteiger partial charge in [0, 0.05) is 12.1 Å². The van der Waals surface area contributed by atoms with Crippen molar-refractivity contribution < 1.29 is 24.5 Å². The van der Waals surface area contributed by atoms with E-state index in [9.17, 15) is 9.59 Å². The Morgan fingerprint density at radius 3 is 1.68 bits per heavy atom. The van der Waals surface area contributed by atoms with Crippen molar-refractivity contribution in [1.82, 2.24) is 10.6 Å². The van der Waals surface area contributed by atoms with Gasteiger partial charge in [-0.05, 0) is 53.4 Å². The van der Waals surface area contributed by atoms with Gasteiger partial charge in [0.15, 0.2) is 6.04 Å². The van der Waals surface area contributed by atoms with Crippen molar-refractivity contribution in [2.45, 2.75) is 122 Å². The first-order valence-electron chi connectivity index (χ1n) is 10.7. The van der Waals surface area contributed by atoms with E-state index in [1.165, 1.54) is 71.1 Å². The molecule has 0 bridgehead atoms. The van der Waals surface area contributed by atoms with Gasteiger partial charge in [0.05, 0.1) is 6.10 Å². The first-order chi connectivity index (χ1) is 13.1. The maximum Gasteiger partial charge on any atom is 0.408 e. The fraction of sp³-hybridized carbons (Fsp3) is 0.905. The normalized spacial score (nSPS) is 21.0. The van der Waals surface area contributed by atoms with Crippen LogP contribution in [0.4, 0.5) is 4.79 Å². The summed E-state index contributed by atoms with van der Waals surface area (Å²) in [5.74, 6) is -1.31. The number of carboxylic acids is 1. The van der Waals surface area contributed by atoms with Crippen molar-refractivity contribution >= 4 is 12.1 Å². The number of amides is 1. The molecule has 2 aliphatic rings. The highest BCUT2D eigenvalue weighted by Crippen LogP contribution is 2.22. The topological polar surface area (TPSA) is 108 Å². The number of nitrogens with one attached hydrogen (secondary N) is 2. The smallest absolute Gasteiger partial charge is 0.408 e. The zero-order valence-corrected chi connectivity index (χ0v) is 18.0. The molecular formula is C21H40N2O5. The first-order valence-corrected chi connectivity index (χ1v) is 10.7. The van der Waals surface area contributed by atoms with Crippen LogP contribution in [0.5, 0.6) is 0 Å². The maximum atomic E-state index is 11.2. The van der Waals surface area contributed by atoms with Crippen molar-refractivity contribution in [2.75, 3.05) is 0 Å². The van der Waals surface area contributed by atoms with Crippen LogP contribution < -0.4 is 10.6 Å². The number of aliphatic hydroxyl groups excluding tert-OH is 1. The van der Waals surface area contributed by atoms with Gasteiger partial charge >= 0.3 is 12.1 Å². The second kappa shape index (κ2) is 12.3. The Kier molecular flexibility index (Phi) is 10.8. The Balaban J connectivity index is 0.000000281. The molecule has 2 rings (SSSR count). The van der Waals surface area contributed by atoms with Crippen LogP contribution in [0.3, 0.4) is 0 Å². The first kappa shape index (κ1) is 24.7. The van der Waals surface area contributed by atoms with Crippen molar-refractivity contribution in [2.24, 2.45) is 0 Å². The number of ether oxygens (including phenoxy) is 1. The number of rotatable bonds is 5. The summed E-state index contributed by atoms with van der Waals surface area (Å²) in [4.78, 5) is 21.8. The number of aliphatic hydroxyl groups is 1. The summed E-state index contributed by atoms with van der Waals surface area (Å²) in [6, 6.07) is 0.383. The van der Waals surface area contributed by atoms with E-state index in [-0.39, 0.29) is 0 Å². The van der Waals surface area contributed by atoms with Crippen molar-refractivity contribution in [3.8, 4) is 0 Å². The Hall–Kier alpha value is -1.34. The van der Waals surface area contributed by atoms with Crippen LogP contribution >= 0.6 is 0 Å². The minimum absolute atomic E-state index is 0.703. The second-order valence-corrected chi connectivity index (χ2v) is 9.04. The van der Waals surface area contributed by atoms with Crippen LogP contribution in [0, 0.1) is 0 Å². The third kappa shape index (κ3) is 10.9. The summed E-state index contributed by atoms with van der Waals surface area (Å²) in [6.45, 7) is 6.25. The van der Waals surface area contributed by atoms with E-state index >= 15 is 0 Å². The summed E-state index contributed by atoms with van der Waals surface area (Å²) < 4.78 is 4.84. The molecule has 164 valence electrons. The van der Waals surface area contributed by atoms with Crippen molar-refractivity contribution in [3.63, 3.8) is 0 Å². The maximum absolute atomic E-state index is 11.2. The minimum atomic E-state index is -1.36. The molecule has 0 saturated heterocycles. The molecule has 0 aromatic rings. The number of hydrogen-bond acceptors (Lipinski definition) is 5. The average molecular weight is 401 g/mol. The quantitative estimate of drug-likeness (QED) is 0.562. The van der Waals surface area contributed by atoms with Gasteiger partial charge in [-0.25, -0.2) is 9.59 Å². The molecule has 1 unspecified atom stereocenters. The summed E-state index contributed by atoms with van der Waals surface area (Å²) in [7, 11) is 0. The van der Waals surface area contributed by atoms with E-state index < -0.39 is 29.8 Å². The van der Waals surface area contributed by atoms with E-state index in [2.05, 4.69) is 10.6 Å². The standard InChI is InChI=1S/C12H23N.C9H17NO5/c1-3-7-11(8-4-1)13-12-9-5-2-6-10-12;1-5(11)6(7(12)13)10-8(14)15-9(2,3)4/h11-13H,1-10H2;5-6,11H,1-4H3,(H,10,14)(H,12,13)/t;5?,6-/m.0/s1. The molecule has 0 aromatic carbocycles. The zero-order valence-electron chi connectivity index (χ0n) is 18.0. The van der Waals surface area contributed by atoms with E-state index in [4.69, 9.17) is 14.9 Å². The summed E-state index contributed by atoms with van der Waals surface area (Å²) in [6.07, 6.45) is 12.5. The molecule has 2 saturated carbocycles. The van der Waals surface area contributed by atoms with Gasteiger partial charge < -0.3 is 25.6 Å². The lowest BCUT2D eigenvalue weighted by molar-refractivity contribution is -0.142. The van der Waals surface area contributed by atoms with Gasteiger partial charge in [0.1, 0.15) is 5.60 Å². The van der Waals surface area contributed by atoms with Gasteiger partial charge in [-0.2, -0.15) is 0 Å². The third-order valence-electron chi connectivity index (χ3n) is 5.10. The number of carbonyl (C=O) groups excluding carboxylic acids is 1. The van der Waals surface area contributed by atoms with Gasteiger partial charge in [0.2, 0.25) is 0 Å². The summed E-state index contributed by atoms with van der Waals surface area (Å²) >= 11 is 0. The molecule has 0 radical (unpaired) electrons. The fourth-order valence-corrected chi connectivity index (χ4v) is 3.70. The predicted octanol–water partition coefficient (Wildman–Crippen LogP) is 3.59. The molecular weight excluding hydrogens is 360 g/mol.